The zero-order valence-electron chi connectivity index (χ0n) is 19.0. The molecule has 5 rings (SSSR count). The van der Waals surface area contributed by atoms with Crippen molar-refractivity contribution in [3.05, 3.63) is 65.2 Å². The van der Waals surface area contributed by atoms with Crippen LogP contribution in [0.4, 0.5) is 5.69 Å². The summed E-state index contributed by atoms with van der Waals surface area (Å²) in [7, 11) is 0. The van der Waals surface area contributed by atoms with Crippen LogP contribution in [-0.2, 0) is 14.4 Å². The highest BCUT2D eigenvalue weighted by Crippen LogP contribution is 2.53. The smallest absolute Gasteiger partial charge is 0.240 e. The highest BCUT2D eigenvalue weighted by molar-refractivity contribution is 6.24. The second-order valence-corrected chi connectivity index (χ2v) is 9.92. The molecule has 33 heavy (non-hydrogen) atoms. The fraction of sp³-hybridized carbons (Fsp3) is 0.346. The van der Waals surface area contributed by atoms with Crippen molar-refractivity contribution in [2.75, 3.05) is 4.90 Å². The van der Waals surface area contributed by atoms with Crippen molar-refractivity contribution in [1.82, 2.24) is 5.01 Å². The molecule has 3 aliphatic heterocycles. The fourth-order valence-corrected chi connectivity index (χ4v) is 5.21. The minimum Gasteiger partial charge on any atom is -0.297 e. The van der Waals surface area contributed by atoms with Gasteiger partial charge in [0.25, 0.3) is 0 Å². The Bertz CT molecular complexity index is 1220. The number of rotatable bonds is 3. The molecule has 0 aliphatic carbocycles. The summed E-state index contributed by atoms with van der Waals surface area (Å²) >= 11 is 0. The van der Waals surface area contributed by atoms with Crippen LogP contribution in [0.3, 0.4) is 0 Å². The molecule has 2 saturated heterocycles. The number of imide groups is 1. The van der Waals surface area contributed by atoms with E-state index in [4.69, 9.17) is 0 Å². The number of nitrogens with zero attached hydrogens (tertiary/aromatic N) is 3. The maximum atomic E-state index is 13.7. The van der Waals surface area contributed by atoms with Gasteiger partial charge in [-0.05, 0) is 42.3 Å². The summed E-state index contributed by atoms with van der Waals surface area (Å²) in [6, 6.07) is 12.8. The fourth-order valence-electron chi connectivity index (χ4n) is 5.21. The first kappa shape index (κ1) is 21.2. The minimum atomic E-state index is -0.831. The molecule has 0 saturated carbocycles. The number of anilines is 1. The lowest BCUT2D eigenvalue weighted by Gasteiger charge is -2.35. The van der Waals surface area contributed by atoms with Gasteiger partial charge in [0.05, 0.1) is 29.8 Å². The zero-order valence-corrected chi connectivity index (χ0v) is 19.0. The van der Waals surface area contributed by atoms with Crippen LogP contribution in [0.25, 0.3) is 0 Å². The second kappa shape index (κ2) is 7.20. The third-order valence-corrected chi connectivity index (χ3v) is 6.83. The number of carbonyl (C=O) groups is 4. The number of hydrogen-bond acceptors (Lipinski definition) is 6. The summed E-state index contributed by atoms with van der Waals surface area (Å²) in [6.07, 6.45) is 1.70. The molecule has 3 aliphatic rings. The molecule has 2 amide bonds. The van der Waals surface area contributed by atoms with Gasteiger partial charge >= 0.3 is 0 Å². The standard InChI is InChI=1S/C26H25N3O4/c1-14(30)15-9-11-17(12-10-15)28-24(32)19-20(25(28)33)22(23(31)26(2,3)4)29-21(19)18-8-6-5-7-16(18)13-27-29/h5-13,19-22H,1-4H3/t19-,20-,21+,22+/m1/s1. The van der Waals surface area contributed by atoms with Crippen molar-refractivity contribution in [2.24, 2.45) is 22.4 Å². The van der Waals surface area contributed by atoms with Crippen LogP contribution in [0.15, 0.2) is 53.6 Å². The largest absolute Gasteiger partial charge is 0.297 e. The van der Waals surface area contributed by atoms with E-state index in [-0.39, 0.29) is 17.5 Å². The normalized spacial score (nSPS) is 25.7. The van der Waals surface area contributed by atoms with E-state index in [9.17, 15) is 19.2 Å². The second-order valence-electron chi connectivity index (χ2n) is 9.92. The average Bonchev–Trinajstić information content (AvgIpc) is 3.25. The molecule has 0 unspecified atom stereocenters. The number of fused-ring (bicyclic) bond motifs is 5. The highest BCUT2D eigenvalue weighted by Gasteiger charge is 2.66. The first-order valence-corrected chi connectivity index (χ1v) is 11.1. The van der Waals surface area contributed by atoms with E-state index < -0.39 is 35.2 Å². The molecule has 0 radical (unpaired) electrons. The summed E-state index contributed by atoms with van der Waals surface area (Å²) in [5.74, 6) is -2.51. The number of hydrazone groups is 1. The van der Waals surface area contributed by atoms with Crippen molar-refractivity contribution in [2.45, 2.75) is 39.8 Å². The SMILES string of the molecule is CC(=O)c1ccc(N2C(=O)[C@@H]3[C@@H](C2=O)[C@@H]2c4ccccc4C=NN2[C@@H]3C(=O)C(C)(C)C)cc1. The van der Waals surface area contributed by atoms with Gasteiger partial charge in [-0.15, -0.1) is 0 Å². The summed E-state index contributed by atoms with van der Waals surface area (Å²) in [6.45, 7) is 6.92. The molecule has 0 N–H and O–H groups in total. The molecule has 7 nitrogen and oxygen atoms in total. The van der Waals surface area contributed by atoms with E-state index in [0.717, 1.165) is 11.1 Å². The summed E-state index contributed by atoms with van der Waals surface area (Å²) in [5.41, 5.74) is 1.97. The lowest BCUT2D eigenvalue weighted by Crippen LogP contribution is -2.48. The Morgan fingerprint density at radius 3 is 2.18 bits per heavy atom. The molecule has 7 heteroatoms. The number of carbonyl (C=O) groups excluding carboxylic acids is 4. The molecular formula is C26H25N3O4. The number of ketones is 2. The number of benzene rings is 2. The Morgan fingerprint density at radius 1 is 0.909 bits per heavy atom. The molecule has 0 bridgehead atoms. The van der Waals surface area contributed by atoms with Crippen LogP contribution in [0.1, 0.15) is 55.2 Å². The van der Waals surface area contributed by atoms with Gasteiger partial charge in [0.1, 0.15) is 6.04 Å². The molecular weight excluding hydrogens is 418 g/mol. The predicted molar refractivity (Wildman–Crippen MR) is 123 cm³/mol. The summed E-state index contributed by atoms with van der Waals surface area (Å²) < 4.78 is 0. The first-order valence-electron chi connectivity index (χ1n) is 11.1. The predicted octanol–water partition coefficient (Wildman–Crippen LogP) is 3.38. The zero-order chi connectivity index (χ0) is 23.7. The highest BCUT2D eigenvalue weighted by atomic mass is 16.2. The lowest BCUT2D eigenvalue weighted by molar-refractivity contribution is -0.136. The van der Waals surface area contributed by atoms with Gasteiger partial charge in [-0.2, -0.15) is 5.10 Å². The maximum Gasteiger partial charge on any atom is 0.240 e. The Morgan fingerprint density at radius 2 is 1.55 bits per heavy atom. The van der Waals surface area contributed by atoms with E-state index in [0.29, 0.717) is 11.3 Å². The van der Waals surface area contributed by atoms with Crippen LogP contribution in [0.5, 0.6) is 0 Å². The van der Waals surface area contributed by atoms with Crippen molar-refractivity contribution in [1.29, 1.82) is 0 Å². The van der Waals surface area contributed by atoms with E-state index in [1.165, 1.54) is 11.8 Å². The Labute approximate surface area is 192 Å². The van der Waals surface area contributed by atoms with Crippen LogP contribution in [-0.4, -0.2) is 40.6 Å². The molecule has 2 aromatic carbocycles. The van der Waals surface area contributed by atoms with Crippen molar-refractivity contribution < 1.29 is 19.2 Å². The Hall–Kier alpha value is -3.61. The van der Waals surface area contributed by atoms with E-state index >= 15 is 0 Å². The van der Waals surface area contributed by atoms with Crippen LogP contribution < -0.4 is 4.90 Å². The average molecular weight is 444 g/mol. The van der Waals surface area contributed by atoms with E-state index in [1.54, 1.807) is 35.5 Å². The molecule has 0 aromatic heterocycles. The third-order valence-electron chi connectivity index (χ3n) is 6.83. The minimum absolute atomic E-state index is 0.0966. The van der Waals surface area contributed by atoms with Gasteiger partial charge < -0.3 is 0 Å². The van der Waals surface area contributed by atoms with Gasteiger partial charge in [-0.1, -0.05) is 45.0 Å². The van der Waals surface area contributed by atoms with Crippen molar-refractivity contribution in [3.63, 3.8) is 0 Å². The molecule has 168 valence electrons. The van der Waals surface area contributed by atoms with Crippen molar-refractivity contribution >= 4 is 35.3 Å². The van der Waals surface area contributed by atoms with Gasteiger partial charge in [-0.3, -0.25) is 24.2 Å². The van der Waals surface area contributed by atoms with Crippen LogP contribution >= 0.6 is 0 Å². The monoisotopic (exact) mass is 443 g/mol. The van der Waals surface area contributed by atoms with E-state index in [2.05, 4.69) is 5.10 Å². The Balaban J connectivity index is 1.63. The van der Waals surface area contributed by atoms with Gasteiger partial charge in [0.15, 0.2) is 11.6 Å². The molecule has 2 fully saturated rings. The van der Waals surface area contributed by atoms with Gasteiger partial charge in [-0.25, -0.2) is 4.90 Å². The molecule has 4 atom stereocenters. The van der Waals surface area contributed by atoms with Crippen LogP contribution in [0.2, 0.25) is 0 Å². The molecule has 2 aromatic rings. The summed E-state index contributed by atoms with van der Waals surface area (Å²) in [4.78, 5) is 53.9. The maximum absolute atomic E-state index is 13.7. The number of Topliss-reactive ketones (excluding diaryl/α,β-unsaturated/α-hetero) is 2. The van der Waals surface area contributed by atoms with Crippen LogP contribution in [0, 0.1) is 17.3 Å². The number of hydrogen-bond donors (Lipinski definition) is 0. The summed E-state index contributed by atoms with van der Waals surface area (Å²) in [5, 5.41) is 6.23. The third kappa shape index (κ3) is 3.06. The first-order chi connectivity index (χ1) is 15.6. The topological polar surface area (TPSA) is 87.1 Å². The quantitative estimate of drug-likeness (QED) is 0.536. The Kier molecular flexibility index (Phi) is 4.64. The number of amides is 2. The van der Waals surface area contributed by atoms with Gasteiger partial charge in [0.2, 0.25) is 11.8 Å². The van der Waals surface area contributed by atoms with Crippen molar-refractivity contribution in [3.8, 4) is 0 Å². The molecule has 3 heterocycles. The van der Waals surface area contributed by atoms with E-state index in [1.807, 2.05) is 45.0 Å². The lowest BCUT2D eigenvalue weighted by atomic mass is 9.79. The van der Waals surface area contributed by atoms with Gasteiger partial charge in [0, 0.05) is 11.0 Å². The molecule has 0 spiro atoms.